The lowest BCUT2D eigenvalue weighted by molar-refractivity contribution is -0.143. The number of carbonyl (C=O) groups is 1. The fourth-order valence-corrected chi connectivity index (χ4v) is 4.14. The number of halogens is 7. The summed E-state index contributed by atoms with van der Waals surface area (Å²) in [5.74, 6) is 0.242. The molecule has 1 atom stereocenters. The smallest absolute Gasteiger partial charge is 0.338 e. The molecule has 35 heavy (non-hydrogen) atoms. The van der Waals surface area contributed by atoms with E-state index in [1.54, 1.807) is 4.90 Å². The molecule has 0 saturated carbocycles. The molecule has 0 bridgehead atoms. The van der Waals surface area contributed by atoms with Crippen LogP contribution in [0.3, 0.4) is 0 Å². The van der Waals surface area contributed by atoms with Crippen molar-refractivity contribution in [2.45, 2.75) is 44.6 Å². The van der Waals surface area contributed by atoms with Crippen molar-refractivity contribution in [1.82, 2.24) is 15.5 Å². The summed E-state index contributed by atoms with van der Waals surface area (Å²) in [6, 6.07) is 8.64. The Bertz CT molecular complexity index is 977. The number of benzene rings is 2. The lowest BCUT2D eigenvalue weighted by Gasteiger charge is -2.37. The largest absolute Gasteiger partial charge is 0.416 e. The van der Waals surface area contributed by atoms with E-state index in [1.165, 1.54) is 0 Å². The highest BCUT2D eigenvalue weighted by Crippen LogP contribution is 2.36. The summed E-state index contributed by atoms with van der Waals surface area (Å²) in [7, 11) is 0. The van der Waals surface area contributed by atoms with Crippen LogP contribution in [0.15, 0.2) is 42.5 Å². The van der Waals surface area contributed by atoms with Crippen molar-refractivity contribution < 1.29 is 31.1 Å². The van der Waals surface area contributed by atoms with Gasteiger partial charge in [0.15, 0.2) is 0 Å². The number of amides is 2. The third-order valence-corrected chi connectivity index (χ3v) is 5.82. The van der Waals surface area contributed by atoms with Crippen LogP contribution in [0.5, 0.6) is 0 Å². The second kappa shape index (κ2) is 11.5. The van der Waals surface area contributed by atoms with Crippen molar-refractivity contribution in [3.8, 4) is 0 Å². The second-order valence-electron chi connectivity index (χ2n) is 8.59. The van der Waals surface area contributed by atoms with Crippen LogP contribution in [0.4, 0.5) is 31.1 Å². The Balaban J connectivity index is 0.00000432. The SMILES string of the molecule is CC(C)c1ccccc1C1CNCCN1C(=O)NCCc1cc(C(F)(F)F)cc(C(F)(F)F)c1.Cl. The number of urea groups is 1. The maximum atomic E-state index is 13.1. The minimum absolute atomic E-state index is 0. The van der Waals surface area contributed by atoms with Gasteiger partial charge in [-0.3, -0.25) is 0 Å². The van der Waals surface area contributed by atoms with E-state index in [1.807, 2.05) is 24.3 Å². The molecule has 3 rings (SSSR count). The molecule has 1 aliphatic heterocycles. The number of rotatable bonds is 5. The van der Waals surface area contributed by atoms with Crippen LogP contribution in [-0.4, -0.2) is 37.1 Å². The number of hydrogen-bond donors (Lipinski definition) is 2. The first kappa shape index (κ1) is 28.8. The maximum Gasteiger partial charge on any atom is 0.416 e. The minimum atomic E-state index is -4.91. The van der Waals surface area contributed by atoms with Gasteiger partial charge in [0.2, 0.25) is 0 Å². The molecule has 2 aromatic rings. The molecule has 0 aromatic heterocycles. The third-order valence-electron chi connectivity index (χ3n) is 5.82. The van der Waals surface area contributed by atoms with Gasteiger partial charge in [-0.2, -0.15) is 26.3 Å². The molecule has 4 nitrogen and oxygen atoms in total. The fraction of sp³-hybridized carbons (Fsp3) is 0.458. The van der Waals surface area contributed by atoms with Crippen LogP contribution >= 0.6 is 12.4 Å². The van der Waals surface area contributed by atoms with Crippen LogP contribution in [0.25, 0.3) is 0 Å². The maximum absolute atomic E-state index is 13.1. The predicted molar refractivity (Wildman–Crippen MR) is 124 cm³/mol. The zero-order chi connectivity index (χ0) is 25.1. The van der Waals surface area contributed by atoms with Gasteiger partial charge >= 0.3 is 18.4 Å². The van der Waals surface area contributed by atoms with Gasteiger partial charge in [-0.05, 0) is 47.2 Å². The number of alkyl halides is 6. The van der Waals surface area contributed by atoms with E-state index in [9.17, 15) is 31.1 Å². The molecular weight excluding hydrogens is 496 g/mol. The van der Waals surface area contributed by atoms with Gasteiger partial charge < -0.3 is 15.5 Å². The van der Waals surface area contributed by atoms with Crippen molar-refractivity contribution in [2.24, 2.45) is 0 Å². The monoisotopic (exact) mass is 523 g/mol. The average molecular weight is 524 g/mol. The quantitative estimate of drug-likeness (QED) is 0.460. The van der Waals surface area contributed by atoms with E-state index in [2.05, 4.69) is 24.5 Å². The second-order valence-corrected chi connectivity index (χ2v) is 8.59. The first-order chi connectivity index (χ1) is 15.9. The molecule has 1 fully saturated rings. The van der Waals surface area contributed by atoms with E-state index in [0.717, 1.165) is 11.1 Å². The van der Waals surface area contributed by atoms with Gasteiger partial charge in [-0.1, -0.05) is 38.1 Å². The van der Waals surface area contributed by atoms with Crippen molar-refractivity contribution >= 4 is 18.4 Å². The van der Waals surface area contributed by atoms with Gasteiger partial charge in [-0.15, -0.1) is 12.4 Å². The molecule has 2 amide bonds. The molecule has 0 spiro atoms. The average Bonchev–Trinajstić information content (AvgIpc) is 2.77. The van der Waals surface area contributed by atoms with Crippen LogP contribution in [0, 0.1) is 0 Å². The summed E-state index contributed by atoms with van der Waals surface area (Å²) in [6.07, 6.45) is -9.98. The first-order valence-corrected chi connectivity index (χ1v) is 11.0. The van der Waals surface area contributed by atoms with Gasteiger partial charge in [0.1, 0.15) is 0 Å². The summed E-state index contributed by atoms with van der Waals surface area (Å²) in [5, 5.41) is 5.93. The zero-order valence-corrected chi connectivity index (χ0v) is 20.1. The molecule has 0 aliphatic carbocycles. The Labute approximate surface area is 206 Å². The van der Waals surface area contributed by atoms with E-state index >= 15 is 0 Å². The van der Waals surface area contributed by atoms with Crippen LogP contribution in [-0.2, 0) is 18.8 Å². The molecule has 1 unspecified atom stereocenters. The van der Waals surface area contributed by atoms with Gasteiger partial charge in [0.25, 0.3) is 0 Å². The topological polar surface area (TPSA) is 44.4 Å². The first-order valence-electron chi connectivity index (χ1n) is 11.0. The number of carbonyl (C=O) groups excluding carboxylic acids is 1. The summed E-state index contributed by atoms with van der Waals surface area (Å²) in [6.45, 7) is 5.56. The highest BCUT2D eigenvalue weighted by molar-refractivity contribution is 5.85. The Morgan fingerprint density at radius 3 is 2.23 bits per heavy atom. The summed E-state index contributed by atoms with van der Waals surface area (Å²) < 4.78 is 78.4. The standard InChI is InChI=1S/C24H27F6N3O.ClH/c1-15(2)19-5-3-4-6-20(19)21-14-31-9-10-33(21)22(34)32-8-7-16-11-17(23(25,26)27)13-18(12-16)24(28,29)30;/h3-6,11-13,15,21,31H,7-10,14H2,1-2H3,(H,32,34);1H. The van der Waals surface area contributed by atoms with Gasteiger partial charge in [0.05, 0.1) is 17.2 Å². The van der Waals surface area contributed by atoms with Crippen molar-refractivity contribution in [2.75, 3.05) is 26.2 Å². The normalized spacial score (nSPS) is 16.7. The van der Waals surface area contributed by atoms with Crippen molar-refractivity contribution in [3.05, 3.63) is 70.3 Å². The highest BCUT2D eigenvalue weighted by atomic mass is 35.5. The molecule has 2 N–H and O–H groups in total. The van der Waals surface area contributed by atoms with Gasteiger partial charge in [-0.25, -0.2) is 4.79 Å². The molecule has 2 aromatic carbocycles. The number of nitrogens with zero attached hydrogens (tertiary/aromatic N) is 1. The zero-order valence-electron chi connectivity index (χ0n) is 19.3. The number of nitrogens with one attached hydrogen (secondary N) is 2. The lowest BCUT2D eigenvalue weighted by Crippen LogP contribution is -2.52. The molecular formula is C24H28ClF6N3O. The highest BCUT2D eigenvalue weighted by Gasteiger charge is 2.37. The third kappa shape index (κ3) is 7.27. The Morgan fingerprint density at radius 1 is 1.06 bits per heavy atom. The summed E-state index contributed by atoms with van der Waals surface area (Å²) in [5.41, 5.74) is -0.762. The van der Waals surface area contributed by atoms with Crippen LogP contribution in [0.2, 0.25) is 0 Å². The number of piperazine rings is 1. The van der Waals surface area contributed by atoms with E-state index in [0.29, 0.717) is 31.8 Å². The molecule has 194 valence electrons. The Kier molecular flexibility index (Phi) is 9.47. The van der Waals surface area contributed by atoms with E-state index in [-0.39, 0.29) is 49.0 Å². The van der Waals surface area contributed by atoms with E-state index in [4.69, 9.17) is 0 Å². The number of hydrogen-bond acceptors (Lipinski definition) is 2. The fourth-order valence-electron chi connectivity index (χ4n) is 4.14. The molecule has 0 radical (unpaired) electrons. The van der Waals surface area contributed by atoms with Crippen LogP contribution < -0.4 is 10.6 Å². The summed E-state index contributed by atoms with van der Waals surface area (Å²) >= 11 is 0. The minimum Gasteiger partial charge on any atom is -0.338 e. The molecule has 11 heteroatoms. The van der Waals surface area contributed by atoms with Crippen molar-refractivity contribution in [3.63, 3.8) is 0 Å². The molecule has 1 aliphatic rings. The molecule has 1 saturated heterocycles. The van der Waals surface area contributed by atoms with Gasteiger partial charge in [0, 0.05) is 26.2 Å². The Morgan fingerprint density at radius 2 is 1.66 bits per heavy atom. The lowest BCUT2D eigenvalue weighted by atomic mass is 9.91. The van der Waals surface area contributed by atoms with Crippen molar-refractivity contribution in [1.29, 1.82) is 0 Å². The Hall–Kier alpha value is -2.46. The predicted octanol–water partition coefficient (Wildman–Crippen LogP) is 6.17. The van der Waals surface area contributed by atoms with Crippen LogP contribution in [0.1, 0.15) is 53.6 Å². The molecule has 1 heterocycles. The van der Waals surface area contributed by atoms with E-state index < -0.39 is 29.5 Å². The summed E-state index contributed by atoms with van der Waals surface area (Å²) in [4.78, 5) is 14.6.